The van der Waals surface area contributed by atoms with Crippen LogP contribution in [0.1, 0.15) is 39.3 Å². The number of fused-ring (bicyclic) bond motifs is 2. The topological polar surface area (TPSA) is 161 Å². The lowest BCUT2D eigenvalue weighted by molar-refractivity contribution is -0.120. The van der Waals surface area contributed by atoms with Gasteiger partial charge in [-0.05, 0) is 30.6 Å². The van der Waals surface area contributed by atoms with Gasteiger partial charge in [-0.1, -0.05) is 18.2 Å². The molecule has 3 heterocycles. The summed E-state index contributed by atoms with van der Waals surface area (Å²) in [6, 6.07) is 8.56. The number of carbonyl (C=O) groups is 4. The van der Waals surface area contributed by atoms with E-state index in [1.807, 2.05) is 0 Å². The van der Waals surface area contributed by atoms with Gasteiger partial charge < -0.3 is 26.3 Å². The standard InChI is InChI=1S/C24H19F2N7O4S/c1-24(12-7-10(25)8-13(26)17(12)29-23(24)37)18-19(30-20(22(36)28-2)33(18)9-15(27)34)31-21(35)16-11-5-3-4-6-14(11)38-32-16/h3-8H,9H2,1-2H3,(H2,27,34)(H,28,36)(H,29,37)(H,31,35)/t24-/m1/s1. The molecular formula is C24H19F2N7O4S. The number of aromatic nitrogens is 3. The highest BCUT2D eigenvalue weighted by Crippen LogP contribution is 2.46. The van der Waals surface area contributed by atoms with E-state index < -0.39 is 47.2 Å². The number of halogens is 2. The highest BCUT2D eigenvalue weighted by molar-refractivity contribution is 7.13. The van der Waals surface area contributed by atoms with Crippen LogP contribution in [0.5, 0.6) is 0 Å². The van der Waals surface area contributed by atoms with Crippen LogP contribution in [-0.4, -0.2) is 44.6 Å². The van der Waals surface area contributed by atoms with Gasteiger partial charge in [0.25, 0.3) is 11.8 Å². The van der Waals surface area contributed by atoms with Crippen molar-refractivity contribution in [3.05, 3.63) is 70.8 Å². The van der Waals surface area contributed by atoms with Crippen LogP contribution in [0.4, 0.5) is 20.3 Å². The Balaban J connectivity index is 1.75. The van der Waals surface area contributed by atoms with Crippen LogP contribution in [0.15, 0.2) is 36.4 Å². The molecule has 5 rings (SSSR count). The largest absolute Gasteiger partial charge is 0.368 e. The summed E-state index contributed by atoms with van der Waals surface area (Å²) >= 11 is 1.09. The summed E-state index contributed by atoms with van der Waals surface area (Å²) in [5.74, 6) is -5.82. The molecule has 0 radical (unpaired) electrons. The second kappa shape index (κ2) is 8.99. The number of amides is 4. The predicted octanol–water partition coefficient (Wildman–Crippen LogP) is 2.13. The lowest BCUT2D eigenvalue weighted by Gasteiger charge is -2.25. The van der Waals surface area contributed by atoms with Crippen molar-refractivity contribution >= 4 is 56.8 Å². The zero-order valence-electron chi connectivity index (χ0n) is 19.9. The quantitative estimate of drug-likeness (QED) is 0.294. The van der Waals surface area contributed by atoms with E-state index in [0.29, 0.717) is 11.5 Å². The minimum Gasteiger partial charge on any atom is -0.368 e. The molecule has 2 aromatic carbocycles. The lowest BCUT2D eigenvalue weighted by atomic mass is 9.80. The van der Waals surface area contributed by atoms with Gasteiger partial charge in [0.05, 0.1) is 16.1 Å². The van der Waals surface area contributed by atoms with Crippen molar-refractivity contribution in [2.45, 2.75) is 18.9 Å². The van der Waals surface area contributed by atoms with Gasteiger partial charge in [0, 0.05) is 24.1 Å². The Morgan fingerprint density at radius 1 is 1.18 bits per heavy atom. The fourth-order valence-corrected chi connectivity index (χ4v) is 5.32. The van der Waals surface area contributed by atoms with Crippen molar-refractivity contribution in [3.8, 4) is 0 Å². The van der Waals surface area contributed by atoms with Crippen molar-refractivity contribution in [1.29, 1.82) is 0 Å². The average molecular weight is 540 g/mol. The fraction of sp³-hybridized carbons (Fsp3) is 0.167. The molecule has 38 heavy (non-hydrogen) atoms. The number of carbonyl (C=O) groups excluding carboxylic acids is 4. The van der Waals surface area contributed by atoms with Gasteiger partial charge in [-0.3, -0.25) is 19.2 Å². The number of nitrogens with two attached hydrogens (primary N) is 1. The van der Waals surface area contributed by atoms with Gasteiger partial charge >= 0.3 is 0 Å². The van der Waals surface area contributed by atoms with Gasteiger partial charge in [0.15, 0.2) is 5.82 Å². The van der Waals surface area contributed by atoms with Crippen molar-refractivity contribution in [1.82, 2.24) is 19.2 Å². The second-order valence-corrected chi connectivity index (χ2v) is 9.44. The number of nitrogens with zero attached hydrogens (tertiary/aromatic N) is 3. The Hall–Kier alpha value is -4.72. The molecule has 11 nitrogen and oxygen atoms in total. The van der Waals surface area contributed by atoms with Crippen LogP contribution in [-0.2, 0) is 21.5 Å². The maximum Gasteiger partial charge on any atom is 0.287 e. The summed E-state index contributed by atoms with van der Waals surface area (Å²) in [6.07, 6.45) is 0. The number of nitrogens with one attached hydrogen (secondary N) is 3. The third kappa shape index (κ3) is 3.76. The zero-order valence-corrected chi connectivity index (χ0v) is 20.7. The molecule has 0 fully saturated rings. The number of hydrogen-bond donors (Lipinski definition) is 4. The van der Waals surface area contributed by atoms with Crippen molar-refractivity contribution in [2.75, 3.05) is 17.7 Å². The summed E-state index contributed by atoms with van der Waals surface area (Å²) in [7, 11) is 1.31. The van der Waals surface area contributed by atoms with E-state index in [1.54, 1.807) is 24.3 Å². The first-order chi connectivity index (χ1) is 18.1. The van der Waals surface area contributed by atoms with Gasteiger partial charge in [0.2, 0.25) is 17.6 Å². The first-order valence-electron chi connectivity index (χ1n) is 11.1. The minimum absolute atomic E-state index is 0.0565. The highest BCUT2D eigenvalue weighted by atomic mass is 32.1. The predicted molar refractivity (Wildman–Crippen MR) is 134 cm³/mol. The summed E-state index contributed by atoms with van der Waals surface area (Å²) in [4.78, 5) is 55.7. The number of hydrogen-bond acceptors (Lipinski definition) is 7. The van der Waals surface area contributed by atoms with Crippen LogP contribution in [0.2, 0.25) is 0 Å². The van der Waals surface area contributed by atoms with Crippen LogP contribution in [0.3, 0.4) is 0 Å². The lowest BCUT2D eigenvalue weighted by Crippen LogP contribution is -2.38. The molecule has 1 aliphatic rings. The summed E-state index contributed by atoms with van der Waals surface area (Å²) in [5.41, 5.74) is 3.01. The van der Waals surface area contributed by atoms with E-state index in [1.165, 1.54) is 14.0 Å². The Morgan fingerprint density at radius 2 is 1.92 bits per heavy atom. The normalized spacial score (nSPS) is 16.3. The van der Waals surface area contributed by atoms with E-state index in [4.69, 9.17) is 5.73 Å². The summed E-state index contributed by atoms with van der Waals surface area (Å²) in [6.45, 7) is 0.708. The average Bonchev–Trinajstić information content (AvgIpc) is 3.52. The number of benzene rings is 2. The van der Waals surface area contributed by atoms with Crippen LogP contribution < -0.4 is 21.7 Å². The van der Waals surface area contributed by atoms with Crippen LogP contribution in [0, 0.1) is 11.6 Å². The number of primary amides is 1. The molecule has 0 aliphatic carbocycles. The number of rotatable bonds is 6. The fourth-order valence-electron chi connectivity index (χ4n) is 4.55. The van der Waals surface area contributed by atoms with Crippen LogP contribution in [0.25, 0.3) is 10.1 Å². The molecule has 1 aliphatic heterocycles. The zero-order chi connectivity index (χ0) is 27.4. The molecule has 4 amide bonds. The third-order valence-electron chi connectivity index (χ3n) is 6.30. The number of imidazole rings is 1. The van der Waals surface area contributed by atoms with E-state index in [0.717, 1.165) is 26.9 Å². The minimum atomic E-state index is -1.90. The van der Waals surface area contributed by atoms with Gasteiger partial charge in [-0.25, -0.2) is 13.8 Å². The SMILES string of the molecule is CNC(=O)c1nc(NC(=O)c2nsc3ccccc23)c([C@]2(C)C(=O)Nc3c(F)cc(F)cc32)n1CC(N)=O. The molecular weight excluding hydrogens is 520 g/mol. The molecule has 4 aromatic rings. The van der Waals surface area contributed by atoms with E-state index in [9.17, 15) is 28.0 Å². The van der Waals surface area contributed by atoms with E-state index >= 15 is 0 Å². The molecule has 0 saturated carbocycles. The summed E-state index contributed by atoms with van der Waals surface area (Å²) in [5, 5.41) is 7.89. The molecule has 14 heteroatoms. The van der Waals surface area contributed by atoms with Gasteiger partial charge in [0.1, 0.15) is 29.3 Å². The Morgan fingerprint density at radius 3 is 2.63 bits per heavy atom. The van der Waals surface area contributed by atoms with E-state index in [2.05, 4.69) is 25.3 Å². The number of anilines is 2. The molecule has 5 N–H and O–H groups in total. The third-order valence-corrected chi connectivity index (χ3v) is 7.12. The monoisotopic (exact) mass is 539 g/mol. The highest BCUT2D eigenvalue weighted by Gasteiger charge is 2.50. The van der Waals surface area contributed by atoms with E-state index in [-0.39, 0.29) is 34.3 Å². The Labute approximate surface area is 217 Å². The molecule has 0 bridgehead atoms. The Bertz CT molecular complexity index is 1680. The first-order valence-corrected chi connectivity index (χ1v) is 11.9. The van der Waals surface area contributed by atoms with Gasteiger partial charge in [-0.2, -0.15) is 4.37 Å². The smallest absolute Gasteiger partial charge is 0.287 e. The Kier molecular flexibility index (Phi) is 5.90. The molecule has 0 saturated heterocycles. The molecule has 2 aromatic heterocycles. The van der Waals surface area contributed by atoms with Crippen molar-refractivity contribution in [2.24, 2.45) is 5.73 Å². The molecule has 0 unspecified atom stereocenters. The van der Waals surface area contributed by atoms with Crippen molar-refractivity contribution in [3.63, 3.8) is 0 Å². The van der Waals surface area contributed by atoms with Crippen LogP contribution >= 0.6 is 11.5 Å². The molecule has 194 valence electrons. The van der Waals surface area contributed by atoms with Gasteiger partial charge in [-0.15, -0.1) is 0 Å². The first kappa shape index (κ1) is 25.0. The summed E-state index contributed by atoms with van der Waals surface area (Å²) < 4.78 is 35.0. The maximum atomic E-state index is 14.6. The maximum absolute atomic E-state index is 14.6. The molecule has 1 atom stereocenters. The van der Waals surface area contributed by atoms with Crippen molar-refractivity contribution < 1.29 is 28.0 Å². The molecule has 0 spiro atoms. The second-order valence-electron chi connectivity index (χ2n) is 8.63.